The third-order valence-electron chi connectivity index (χ3n) is 3.69. The molecule has 3 aromatic rings. The van der Waals surface area contributed by atoms with Gasteiger partial charge in [0.15, 0.2) is 0 Å². The monoisotopic (exact) mass is 298 g/mol. The summed E-state index contributed by atoms with van der Waals surface area (Å²) in [5, 5.41) is 10.6. The topological polar surface area (TPSA) is 56.5 Å². The van der Waals surface area contributed by atoms with Crippen LogP contribution >= 0.6 is 0 Å². The van der Waals surface area contributed by atoms with Gasteiger partial charge in [-0.2, -0.15) is 0 Å². The van der Waals surface area contributed by atoms with Gasteiger partial charge in [0.2, 0.25) is 0 Å². The Morgan fingerprint density at radius 2 is 1.95 bits per heavy atom. The summed E-state index contributed by atoms with van der Waals surface area (Å²) < 4.78 is 12.5. The highest BCUT2D eigenvalue weighted by atomic mass is 16.5. The molecule has 0 amide bonds. The average Bonchev–Trinajstić information content (AvgIpc) is 2.97. The highest BCUT2D eigenvalue weighted by Crippen LogP contribution is 2.30. The molecular formula is C17H18N2O3. The predicted octanol–water partition coefficient (Wildman–Crippen LogP) is 2.79. The van der Waals surface area contributed by atoms with E-state index in [0.717, 1.165) is 11.0 Å². The van der Waals surface area contributed by atoms with Crippen molar-refractivity contribution < 1.29 is 14.6 Å². The average molecular weight is 298 g/mol. The van der Waals surface area contributed by atoms with Gasteiger partial charge in [0.05, 0.1) is 38.1 Å². The Kier molecular flexibility index (Phi) is 3.98. The van der Waals surface area contributed by atoms with E-state index < -0.39 is 6.10 Å². The number of hydrogen-bond donors (Lipinski definition) is 1. The minimum Gasteiger partial charge on any atom is -0.497 e. The number of aliphatic hydroxyl groups excluding tert-OH is 1. The number of rotatable bonds is 5. The summed E-state index contributed by atoms with van der Waals surface area (Å²) in [6.45, 7) is 0.393. The fraction of sp³-hybridized carbons (Fsp3) is 0.235. The van der Waals surface area contributed by atoms with Crippen LogP contribution < -0.4 is 9.47 Å². The second kappa shape index (κ2) is 6.07. The highest BCUT2D eigenvalue weighted by Gasteiger charge is 2.16. The number of aliphatic hydroxyl groups is 1. The van der Waals surface area contributed by atoms with Crippen LogP contribution in [-0.2, 0) is 6.54 Å². The Balaban J connectivity index is 1.92. The van der Waals surface area contributed by atoms with E-state index in [0.29, 0.717) is 23.6 Å². The Morgan fingerprint density at radius 3 is 2.73 bits per heavy atom. The molecule has 22 heavy (non-hydrogen) atoms. The van der Waals surface area contributed by atoms with Crippen LogP contribution in [-0.4, -0.2) is 28.9 Å². The molecule has 0 saturated carbocycles. The van der Waals surface area contributed by atoms with Crippen LogP contribution in [0.25, 0.3) is 11.0 Å². The maximum absolute atomic E-state index is 10.6. The van der Waals surface area contributed by atoms with Crippen molar-refractivity contribution in [1.29, 1.82) is 0 Å². The van der Waals surface area contributed by atoms with Crippen LogP contribution in [0.2, 0.25) is 0 Å². The van der Waals surface area contributed by atoms with Gasteiger partial charge < -0.3 is 19.1 Å². The minimum absolute atomic E-state index is 0.393. The molecule has 0 bridgehead atoms. The predicted molar refractivity (Wildman–Crippen MR) is 84.2 cm³/mol. The van der Waals surface area contributed by atoms with Crippen molar-refractivity contribution in [3.63, 3.8) is 0 Å². The number of para-hydroxylation sites is 2. The molecule has 5 heteroatoms. The molecule has 0 spiro atoms. The Bertz CT molecular complexity index is 782. The molecular weight excluding hydrogens is 280 g/mol. The fourth-order valence-electron chi connectivity index (χ4n) is 2.54. The van der Waals surface area contributed by atoms with Crippen molar-refractivity contribution >= 4 is 11.0 Å². The maximum atomic E-state index is 10.6. The number of methoxy groups -OCH3 is 2. The van der Waals surface area contributed by atoms with Crippen LogP contribution in [0.15, 0.2) is 48.8 Å². The largest absolute Gasteiger partial charge is 0.497 e. The maximum Gasteiger partial charge on any atom is 0.124 e. The molecule has 0 radical (unpaired) electrons. The lowest BCUT2D eigenvalue weighted by molar-refractivity contribution is 0.153. The van der Waals surface area contributed by atoms with Crippen molar-refractivity contribution in [1.82, 2.24) is 9.55 Å². The molecule has 0 unspecified atom stereocenters. The van der Waals surface area contributed by atoms with E-state index in [1.54, 1.807) is 32.7 Å². The minimum atomic E-state index is -0.720. The first-order chi connectivity index (χ1) is 10.7. The van der Waals surface area contributed by atoms with E-state index in [1.807, 2.05) is 34.9 Å². The zero-order chi connectivity index (χ0) is 15.5. The molecule has 1 N–H and O–H groups in total. The summed E-state index contributed by atoms with van der Waals surface area (Å²) in [4.78, 5) is 4.34. The lowest BCUT2D eigenvalue weighted by atomic mass is 10.1. The van der Waals surface area contributed by atoms with Gasteiger partial charge in [0.1, 0.15) is 17.6 Å². The number of hydrogen-bond acceptors (Lipinski definition) is 4. The third-order valence-corrected chi connectivity index (χ3v) is 3.69. The van der Waals surface area contributed by atoms with Gasteiger partial charge in [0, 0.05) is 5.56 Å². The van der Waals surface area contributed by atoms with Gasteiger partial charge in [-0.3, -0.25) is 0 Å². The lowest BCUT2D eigenvalue weighted by Crippen LogP contribution is -2.09. The van der Waals surface area contributed by atoms with E-state index in [2.05, 4.69) is 4.98 Å². The molecule has 1 atom stereocenters. The number of benzene rings is 2. The van der Waals surface area contributed by atoms with Crippen LogP contribution in [0.4, 0.5) is 0 Å². The van der Waals surface area contributed by atoms with Gasteiger partial charge in [-0.25, -0.2) is 4.98 Å². The molecule has 0 fully saturated rings. The summed E-state index contributed by atoms with van der Waals surface area (Å²) >= 11 is 0. The SMILES string of the molecule is COc1ccc(OC)c([C@@H](O)Cn2cnc3ccccc32)c1. The summed E-state index contributed by atoms with van der Waals surface area (Å²) in [6, 6.07) is 13.2. The second-order valence-corrected chi connectivity index (χ2v) is 5.01. The summed E-state index contributed by atoms with van der Waals surface area (Å²) in [5.41, 5.74) is 2.59. The van der Waals surface area contributed by atoms with Gasteiger partial charge >= 0.3 is 0 Å². The van der Waals surface area contributed by atoms with Gasteiger partial charge in [-0.05, 0) is 30.3 Å². The van der Waals surface area contributed by atoms with Gasteiger partial charge in [-0.15, -0.1) is 0 Å². The third kappa shape index (κ3) is 2.63. The lowest BCUT2D eigenvalue weighted by Gasteiger charge is -2.17. The Labute approximate surface area is 128 Å². The first-order valence-corrected chi connectivity index (χ1v) is 7.03. The Morgan fingerprint density at radius 1 is 1.14 bits per heavy atom. The molecule has 0 aliphatic rings. The molecule has 114 valence electrons. The zero-order valence-electron chi connectivity index (χ0n) is 12.6. The normalized spacial score (nSPS) is 12.3. The van der Waals surface area contributed by atoms with Crippen LogP contribution in [0.1, 0.15) is 11.7 Å². The molecule has 2 aromatic carbocycles. The molecule has 1 heterocycles. The van der Waals surface area contributed by atoms with Crippen LogP contribution in [0.5, 0.6) is 11.5 Å². The number of fused-ring (bicyclic) bond motifs is 1. The number of imidazole rings is 1. The van der Waals surface area contributed by atoms with Crippen molar-refractivity contribution in [2.75, 3.05) is 14.2 Å². The molecule has 5 nitrogen and oxygen atoms in total. The molecule has 3 rings (SSSR count). The summed E-state index contributed by atoms with van der Waals surface area (Å²) in [5.74, 6) is 1.32. The van der Waals surface area contributed by atoms with Crippen LogP contribution in [0.3, 0.4) is 0 Å². The molecule has 0 aliphatic heterocycles. The van der Waals surface area contributed by atoms with Crippen molar-refractivity contribution in [2.45, 2.75) is 12.6 Å². The van der Waals surface area contributed by atoms with Crippen LogP contribution in [0, 0.1) is 0 Å². The van der Waals surface area contributed by atoms with E-state index in [1.165, 1.54) is 0 Å². The number of nitrogens with zero attached hydrogens (tertiary/aromatic N) is 2. The standard InChI is InChI=1S/C17H18N2O3/c1-21-12-7-8-17(22-2)13(9-12)16(20)10-19-11-18-14-5-3-4-6-15(14)19/h3-9,11,16,20H,10H2,1-2H3/t16-/m0/s1. The van der Waals surface area contributed by atoms with E-state index in [4.69, 9.17) is 9.47 Å². The van der Waals surface area contributed by atoms with Gasteiger partial charge in [-0.1, -0.05) is 12.1 Å². The Hall–Kier alpha value is -2.53. The van der Waals surface area contributed by atoms with Crippen molar-refractivity contribution in [2.24, 2.45) is 0 Å². The van der Waals surface area contributed by atoms with E-state index in [-0.39, 0.29) is 0 Å². The number of aromatic nitrogens is 2. The molecule has 1 aromatic heterocycles. The summed E-state index contributed by atoms with van der Waals surface area (Å²) in [6.07, 6.45) is 1.02. The van der Waals surface area contributed by atoms with Crippen molar-refractivity contribution in [3.05, 3.63) is 54.4 Å². The molecule has 0 saturated heterocycles. The first kappa shape index (κ1) is 14.4. The number of ether oxygens (including phenoxy) is 2. The molecule has 0 aliphatic carbocycles. The smallest absolute Gasteiger partial charge is 0.124 e. The highest BCUT2D eigenvalue weighted by molar-refractivity contribution is 5.74. The first-order valence-electron chi connectivity index (χ1n) is 7.03. The van der Waals surface area contributed by atoms with E-state index >= 15 is 0 Å². The summed E-state index contributed by atoms with van der Waals surface area (Å²) in [7, 11) is 3.19. The fourth-order valence-corrected chi connectivity index (χ4v) is 2.54. The van der Waals surface area contributed by atoms with E-state index in [9.17, 15) is 5.11 Å². The van der Waals surface area contributed by atoms with Crippen molar-refractivity contribution in [3.8, 4) is 11.5 Å². The second-order valence-electron chi connectivity index (χ2n) is 5.01. The quantitative estimate of drug-likeness (QED) is 0.787. The zero-order valence-corrected chi connectivity index (χ0v) is 12.6. The van der Waals surface area contributed by atoms with Gasteiger partial charge in [0.25, 0.3) is 0 Å².